The highest BCUT2D eigenvalue weighted by molar-refractivity contribution is 5.74. The topological polar surface area (TPSA) is 50.2 Å². The van der Waals surface area contributed by atoms with Gasteiger partial charge in [-0.3, -0.25) is 0 Å². The molecule has 0 bridgehead atoms. The Balaban J connectivity index is 2.01. The van der Waals surface area contributed by atoms with E-state index in [9.17, 15) is 4.79 Å². The van der Waals surface area contributed by atoms with E-state index in [2.05, 4.69) is 17.2 Å². The van der Waals surface area contributed by atoms with Crippen LogP contribution in [0.1, 0.15) is 24.7 Å². The second-order valence-electron chi connectivity index (χ2n) is 4.15. The Morgan fingerprint density at radius 3 is 3.19 bits per heavy atom. The van der Waals surface area contributed by atoms with Crippen molar-refractivity contribution in [1.29, 1.82) is 0 Å². The van der Waals surface area contributed by atoms with Gasteiger partial charge in [0.25, 0.3) is 0 Å². The molecule has 0 radical (unpaired) electrons. The molecule has 0 saturated heterocycles. The molecule has 0 atom stereocenters. The van der Waals surface area contributed by atoms with Gasteiger partial charge in [0.15, 0.2) is 0 Å². The van der Waals surface area contributed by atoms with E-state index in [-0.39, 0.29) is 6.03 Å². The molecular formula is C11H18N4O. The fraction of sp³-hybridized carbons (Fsp3) is 0.636. The van der Waals surface area contributed by atoms with Crippen LogP contribution in [-0.2, 0) is 20.0 Å². The Kier molecular flexibility index (Phi) is 3.12. The van der Waals surface area contributed by atoms with Crippen molar-refractivity contribution in [1.82, 2.24) is 19.8 Å². The summed E-state index contributed by atoms with van der Waals surface area (Å²) in [4.78, 5) is 17.9. The predicted molar refractivity (Wildman–Crippen MR) is 61.0 cm³/mol. The summed E-state index contributed by atoms with van der Waals surface area (Å²) in [7, 11) is 1.97. The lowest BCUT2D eigenvalue weighted by Crippen LogP contribution is -2.43. The van der Waals surface area contributed by atoms with Crippen LogP contribution in [0.2, 0.25) is 0 Å². The summed E-state index contributed by atoms with van der Waals surface area (Å²) in [5.74, 6) is 0. The average Bonchev–Trinajstić information content (AvgIpc) is 2.67. The number of rotatable bonds is 2. The molecule has 2 amide bonds. The van der Waals surface area contributed by atoms with E-state index in [4.69, 9.17) is 0 Å². The fourth-order valence-corrected chi connectivity index (χ4v) is 1.93. The van der Waals surface area contributed by atoms with Crippen molar-refractivity contribution in [3.63, 3.8) is 0 Å². The summed E-state index contributed by atoms with van der Waals surface area (Å²) in [5.41, 5.74) is 2.28. The molecule has 0 unspecified atom stereocenters. The number of fused-ring (bicyclic) bond motifs is 1. The maximum absolute atomic E-state index is 11.8. The highest BCUT2D eigenvalue weighted by atomic mass is 16.2. The Hall–Kier alpha value is -1.52. The molecule has 0 aliphatic carbocycles. The maximum Gasteiger partial charge on any atom is 0.317 e. The van der Waals surface area contributed by atoms with Crippen molar-refractivity contribution in [3.8, 4) is 0 Å². The summed E-state index contributed by atoms with van der Waals surface area (Å²) in [6.45, 7) is 4.23. The monoisotopic (exact) mass is 222 g/mol. The van der Waals surface area contributed by atoms with Crippen LogP contribution in [0.3, 0.4) is 0 Å². The number of carbonyl (C=O) groups excluding carboxylic acids is 1. The summed E-state index contributed by atoms with van der Waals surface area (Å²) in [5, 5.41) is 2.90. The molecule has 2 rings (SSSR count). The highest BCUT2D eigenvalue weighted by Crippen LogP contribution is 2.16. The molecule has 1 aliphatic rings. The van der Waals surface area contributed by atoms with Crippen molar-refractivity contribution in [2.24, 2.45) is 7.05 Å². The SMILES string of the molecule is CCCNC(=O)N1CCc2ncn(C)c2C1. The molecule has 1 N–H and O–H groups in total. The molecule has 0 fully saturated rings. The average molecular weight is 222 g/mol. The number of nitrogens with one attached hydrogen (secondary N) is 1. The Bertz CT molecular complexity index is 385. The number of hydrogen-bond acceptors (Lipinski definition) is 2. The Labute approximate surface area is 95.5 Å². The first-order valence-electron chi connectivity index (χ1n) is 5.74. The molecule has 1 aromatic heterocycles. The normalized spacial score (nSPS) is 14.8. The van der Waals surface area contributed by atoms with Gasteiger partial charge in [-0.1, -0.05) is 6.92 Å². The zero-order valence-electron chi connectivity index (χ0n) is 9.86. The fourth-order valence-electron chi connectivity index (χ4n) is 1.93. The van der Waals surface area contributed by atoms with Gasteiger partial charge in [0.1, 0.15) is 0 Å². The largest absolute Gasteiger partial charge is 0.338 e. The maximum atomic E-state index is 11.8. The first kappa shape index (κ1) is 11.0. The van der Waals surface area contributed by atoms with Crippen molar-refractivity contribution in [2.75, 3.05) is 13.1 Å². The van der Waals surface area contributed by atoms with Crippen molar-refractivity contribution >= 4 is 6.03 Å². The van der Waals surface area contributed by atoms with Crippen LogP contribution in [0.15, 0.2) is 6.33 Å². The van der Waals surface area contributed by atoms with E-state index in [1.165, 1.54) is 0 Å². The van der Waals surface area contributed by atoms with Gasteiger partial charge in [0, 0.05) is 26.6 Å². The number of carbonyl (C=O) groups is 1. The van der Waals surface area contributed by atoms with E-state index in [1.807, 2.05) is 22.8 Å². The zero-order chi connectivity index (χ0) is 11.5. The molecule has 5 heteroatoms. The number of imidazole rings is 1. The van der Waals surface area contributed by atoms with Crippen LogP contribution in [0.4, 0.5) is 4.79 Å². The standard InChI is InChI=1S/C11H18N4O/c1-3-5-12-11(16)15-6-4-9-10(7-15)14(2)8-13-9/h8H,3-7H2,1-2H3,(H,12,16). The van der Waals surface area contributed by atoms with Crippen LogP contribution < -0.4 is 5.32 Å². The predicted octanol–water partition coefficient (Wildman–Crippen LogP) is 0.898. The molecule has 88 valence electrons. The summed E-state index contributed by atoms with van der Waals surface area (Å²) in [6.07, 6.45) is 3.64. The third kappa shape index (κ3) is 2.03. The number of amides is 2. The number of hydrogen-bond donors (Lipinski definition) is 1. The second kappa shape index (κ2) is 4.55. The first-order chi connectivity index (χ1) is 7.72. The van der Waals surface area contributed by atoms with Crippen LogP contribution in [0.25, 0.3) is 0 Å². The molecule has 0 aromatic carbocycles. The van der Waals surface area contributed by atoms with Gasteiger partial charge in [-0.2, -0.15) is 0 Å². The molecule has 1 aliphatic heterocycles. The lowest BCUT2D eigenvalue weighted by molar-refractivity contribution is 0.190. The Morgan fingerprint density at radius 2 is 2.44 bits per heavy atom. The Morgan fingerprint density at radius 1 is 1.62 bits per heavy atom. The highest BCUT2D eigenvalue weighted by Gasteiger charge is 2.22. The van der Waals surface area contributed by atoms with Crippen LogP contribution in [-0.4, -0.2) is 33.6 Å². The van der Waals surface area contributed by atoms with Crippen molar-refractivity contribution < 1.29 is 4.79 Å². The van der Waals surface area contributed by atoms with Gasteiger partial charge >= 0.3 is 6.03 Å². The zero-order valence-corrected chi connectivity index (χ0v) is 9.86. The first-order valence-corrected chi connectivity index (χ1v) is 5.74. The van der Waals surface area contributed by atoms with E-state index < -0.39 is 0 Å². The van der Waals surface area contributed by atoms with Gasteiger partial charge in [0.2, 0.25) is 0 Å². The molecule has 5 nitrogen and oxygen atoms in total. The van der Waals surface area contributed by atoms with E-state index in [0.29, 0.717) is 6.54 Å². The van der Waals surface area contributed by atoms with Crippen molar-refractivity contribution in [2.45, 2.75) is 26.3 Å². The number of nitrogens with zero attached hydrogens (tertiary/aromatic N) is 3. The van der Waals surface area contributed by atoms with Gasteiger partial charge in [-0.25, -0.2) is 9.78 Å². The minimum Gasteiger partial charge on any atom is -0.338 e. The smallest absolute Gasteiger partial charge is 0.317 e. The molecule has 0 spiro atoms. The molecule has 0 saturated carbocycles. The van der Waals surface area contributed by atoms with E-state index in [0.717, 1.165) is 37.3 Å². The van der Waals surface area contributed by atoms with Gasteiger partial charge in [-0.05, 0) is 6.42 Å². The lowest BCUT2D eigenvalue weighted by Gasteiger charge is -2.27. The summed E-state index contributed by atoms with van der Waals surface area (Å²) >= 11 is 0. The third-order valence-corrected chi connectivity index (χ3v) is 2.92. The van der Waals surface area contributed by atoms with Crippen LogP contribution >= 0.6 is 0 Å². The van der Waals surface area contributed by atoms with Gasteiger partial charge in [-0.15, -0.1) is 0 Å². The quantitative estimate of drug-likeness (QED) is 0.808. The van der Waals surface area contributed by atoms with E-state index >= 15 is 0 Å². The number of urea groups is 1. The summed E-state index contributed by atoms with van der Waals surface area (Å²) < 4.78 is 1.99. The molecule has 1 aromatic rings. The number of aromatic nitrogens is 2. The number of aryl methyl sites for hydroxylation is 1. The molecule has 2 heterocycles. The summed E-state index contributed by atoms with van der Waals surface area (Å²) in [6, 6.07) is 0.0358. The van der Waals surface area contributed by atoms with Crippen LogP contribution in [0, 0.1) is 0 Å². The second-order valence-corrected chi connectivity index (χ2v) is 4.15. The third-order valence-electron chi connectivity index (χ3n) is 2.92. The van der Waals surface area contributed by atoms with Crippen molar-refractivity contribution in [3.05, 3.63) is 17.7 Å². The minimum atomic E-state index is 0.0358. The molecule has 16 heavy (non-hydrogen) atoms. The van der Waals surface area contributed by atoms with Gasteiger partial charge in [0.05, 0.1) is 24.3 Å². The van der Waals surface area contributed by atoms with E-state index in [1.54, 1.807) is 0 Å². The van der Waals surface area contributed by atoms with Gasteiger partial charge < -0.3 is 14.8 Å². The molecular weight excluding hydrogens is 204 g/mol. The van der Waals surface area contributed by atoms with Crippen LogP contribution in [0.5, 0.6) is 0 Å². The minimum absolute atomic E-state index is 0.0358. The lowest BCUT2D eigenvalue weighted by atomic mass is 10.1.